The Bertz CT molecular complexity index is 967. The van der Waals surface area contributed by atoms with Crippen LogP contribution in [-0.4, -0.2) is 27.8 Å². The van der Waals surface area contributed by atoms with E-state index in [9.17, 15) is 10.1 Å². The van der Waals surface area contributed by atoms with Gasteiger partial charge in [0.25, 0.3) is 0 Å². The molecule has 0 atom stereocenters. The molecule has 0 spiro atoms. The zero-order chi connectivity index (χ0) is 17.3. The Morgan fingerprint density at radius 3 is 2.75 bits per heavy atom. The topological polar surface area (TPSA) is 80.8 Å². The van der Waals surface area contributed by atoms with E-state index in [-0.39, 0.29) is 6.04 Å². The number of esters is 1. The van der Waals surface area contributed by atoms with Gasteiger partial charge in [-0.3, -0.25) is 9.67 Å². The lowest BCUT2D eigenvalue weighted by Crippen LogP contribution is -2.02. The summed E-state index contributed by atoms with van der Waals surface area (Å²) in [7, 11) is 1.34. The van der Waals surface area contributed by atoms with Gasteiger partial charge in [-0.2, -0.15) is 10.4 Å². The van der Waals surface area contributed by atoms with E-state index in [1.165, 1.54) is 7.11 Å². The van der Waals surface area contributed by atoms with Gasteiger partial charge in [0.15, 0.2) is 5.69 Å². The summed E-state index contributed by atoms with van der Waals surface area (Å²) in [6.07, 6.45) is 1.56. The summed E-state index contributed by atoms with van der Waals surface area (Å²) in [6, 6.07) is 11.3. The van der Waals surface area contributed by atoms with Gasteiger partial charge in [-0.15, -0.1) is 0 Å². The molecule has 1 aromatic carbocycles. The number of ether oxygens (including phenoxy) is 1. The zero-order valence-electron chi connectivity index (χ0n) is 13.6. The van der Waals surface area contributed by atoms with E-state index in [1.807, 2.05) is 36.7 Å². The van der Waals surface area contributed by atoms with Crippen LogP contribution in [0.1, 0.15) is 35.9 Å². The predicted molar refractivity (Wildman–Crippen MR) is 89.4 cm³/mol. The summed E-state index contributed by atoms with van der Waals surface area (Å²) in [5.74, 6) is -0.412. The molecule has 0 amide bonds. The Kier molecular flexibility index (Phi) is 4.00. The van der Waals surface area contributed by atoms with Crippen LogP contribution in [0.3, 0.4) is 0 Å². The molecule has 0 saturated carbocycles. The van der Waals surface area contributed by atoms with Gasteiger partial charge in [0.1, 0.15) is 6.07 Å². The average Bonchev–Trinajstić information content (AvgIpc) is 2.99. The minimum absolute atomic E-state index is 0.154. The molecule has 3 rings (SSSR count). The lowest BCUT2D eigenvalue weighted by molar-refractivity contribution is 0.0600. The van der Waals surface area contributed by atoms with E-state index in [1.54, 1.807) is 18.3 Å². The third-order valence-electron chi connectivity index (χ3n) is 3.78. The molecule has 120 valence electrons. The molecule has 6 nitrogen and oxygen atoms in total. The maximum atomic E-state index is 11.7. The molecule has 6 heteroatoms. The van der Waals surface area contributed by atoms with Crippen molar-refractivity contribution in [3.63, 3.8) is 0 Å². The molecule has 3 aromatic rings. The van der Waals surface area contributed by atoms with Crippen molar-refractivity contribution in [2.45, 2.75) is 19.9 Å². The molecule has 0 radical (unpaired) electrons. The van der Waals surface area contributed by atoms with Gasteiger partial charge >= 0.3 is 5.97 Å². The van der Waals surface area contributed by atoms with Crippen molar-refractivity contribution in [1.82, 2.24) is 14.8 Å². The first-order chi connectivity index (χ1) is 11.5. The van der Waals surface area contributed by atoms with Crippen LogP contribution in [0, 0.1) is 11.3 Å². The quantitative estimate of drug-likeness (QED) is 0.691. The molecule has 2 aromatic heterocycles. The molecule has 0 unspecified atom stereocenters. The van der Waals surface area contributed by atoms with Gasteiger partial charge in [0.05, 0.1) is 23.9 Å². The number of hydrogen-bond donors (Lipinski definition) is 0. The molecule has 0 aliphatic heterocycles. The van der Waals surface area contributed by atoms with Gasteiger partial charge in [-0.05, 0) is 38.1 Å². The number of pyridine rings is 1. The highest BCUT2D eigenvalue weighted by atomic mass is 16.5. The summed E-state index contributed by atoms with van der Waals surface area (Å²) >= 11 is 0. The zero-order valence-corrected chi connectivity index (χ0v) is 13.6. The van der Waals surface area contributed by atoms with Gasteiger partial charge < -0.3 is 4.74 Å². The third kappa shape index (κ3) is 2.61. The molecule has 0 aliphatic carbocycles. The number of nitriles is 1. The number of carbonyl (C=O) groups is 1. The number of rotatable bonds is 3. The van der Waals surface area contributed by atoms with Crippen molar-refractivity contribution in [2.75, 3.05) is 7.11 Å². The highest BCUT2D eigenvalue weighted by Gasteiger charge is 2.14. The van der Waals surface area contributed by atoms with Crippen LogP contribution >= 0.6 is 0 Å². The largest absolute Gasteiger partial charge is 0.465 e. The second kappa shape index (κ2) is 6.13. The maximum absolute atomic E-state index is 11.7. The minimum Gasteiger partial charge on any atom is -0.465 e. The van der Waals surface area contributed by atoms with Gasteiger partial charge in [0.2, 0.25) is 0 Å². The summed E-state index contributed by atoms with van der Waals surface area (Å²) < 4.78 is 6.57. The van der Waals surface area contributed by atoms with E-state index in [4.69, 9.17) is 4.74 Å². The Labute approximate surface area is 139 Å². The fourth-order valence-electron chi connectivity index (χ4n) is 2.61. The molecule has 0 bridgehead atoms. The van der Waals surface area contributed by atoms with Crippen molar-refractivity contribution in [3.05, 3.63) is 47.8 Å². The van der Waals surface area contributed by atoms with Crippen LogP contribution in [0.5, 0.6) is 0 Å². The van der Waals surface area contributed by atoms with Crippen LogP contribution in [-0.2, 0) is 4.74 Å². The van der Waals surface area contributed by atoms with Gasteiger partial charge in [-0.1, -0.05) is 6.07 Å². The normalized spacial score (nSPS) is 10.8. The first-order valence-electron chi connectivity index (χ1n) is 7.52. The molecular weight excluding hydrogens is 304 g/mol. The first kappa shape index (κ1) is 15.7. The number of carbonyl (C=O) groups excluding carboxylic acids is 1. The lowest BCUT2D eigenvalue weighted by atomic mass is 10.1. The fraction of sp³-hybridized carbons (Fsp3) is 0.222. The van der Waals surface area contributed by atoms with E-state index in [0.29, 0.717) is 17.0 Å². The number of fused-ring (bicyclic) bond motifs is 1. The van der Waals surface area contributed by atoms with Crippen molar-refractivity contribution < 1.29 is 9.53 Å². The number of benzene rings is 1. The van der Waals surface area contributed by atoms with Crippen LogP contribution in [0.25, 0.3) is 22.2 Å². The highest BCUT2D eigenvalue weighted by Crippen LogP contribution is 2.27. The molecule has 0 aliphatic rings. The SMILES string of the molecule is COC(=O)c1ccnc(-c2ccc3c(c2)c(C#N)nn3C(C)C)c1. The Hall–Kier alpha value is -3.20. The molecule has 0 N–H and O–H groups in total. The molecule has 2 heterocycles. The number of nitrogens with zero attached hydrogens (tertiary/aromatic N) is 4. The maximum Gasteiger partial charge on any atom is 0.337 e. The highest BCUT2D eigenvalue weighted by molar-refractivity contribution is 5.92. The van der Waals surface area contributed by atoms with E-state index >= 15 is 0 Å². The first-order valence-corrected chi connectivity index (χ1v) is 7.52. The molecule has 0 saturated heterocycles. The second-order valence-corrected chi connectivity index (χ2v) is 5.65. The van der Waals surface area contributed by atoms with Crippen molar-refractivity contribution in [3.8, 4) is 17.3 Å². The average molecular weight is 320 g/mol. The van der Waals surface area contributed by atoms with Gasteiger partial charge in [-0.25, -0.2) is 4.79 Å². The monoisotopic (exact) mass is 320 g/mol. The van der Waals surface area contributed by atoms with E-state index < -0.39 is 5.97 Å². The van der Waals surface area contributed by atoms with Crippen LogP contribution in [0.15, 0.2) is 36.5 Å². The Morgan fingerprint density at radius 2 is 2.08 bits per heavy atom. The minimum atomic E-state index is -0.412. The second-order valence-electron chi connectivity index (χ2n) is 5.65. The fourth-order valence-corrected chi connectivity index (χ4v) is 2.61. The third-order valence-corrected chi connectivity index (χ3v) is 3.78. The van der Waals surface area contributed by atoms with Crippen molar-refractivity contribution >= 4 is 16.9 Å². The van der Waals surface area contributed by atoms with E-state index in [0.717, 1.165) is 16.5 Å². The molecule has 0 fully saturated rings. The van der Waals surface area contributed by atoms with E-state index in [2.05, 4.69) is 16.2 Å². The molecule has 24 heavy (non-hydrogen) atoms. The van der Waals surface area contributed by atoms with Gasteiger partial charge in [0, 0.05) is 23.2 Å². The summed E-state index contributed by atoms with van der Waals surface area (Å²) in [4.78, 5) is 16.0. The van der Waals surface area contributed by atoms with Crippen molar-refractivity contribution in [2.24, 2.45) is 0 Å². The smallest absolute Gasteiger partial charge is 0.337 e. The number of aromatic nitrogens is 3. The summed E-state index contributed by atoms with van der Waals surface area (Å²) in [5, 5.41) is 14.5. The number of methoxy groups -OCH3 is 1. The predicted octanol–water partition coefficient (Wildman–Crippen LogP) is 3.34. The molecular formula is C18H16N4O2. The standard InChI is InChI=1S/C18H16N4O2/c1-11(2)22-17-5-4-12(8-14(17)16(10-19)21-22)15-9-13(6-7-20-15)18(23)24-3/h4-9,11H,1-3H3. The lowest BCUT2D eigenvalue weighted by Gasteiger charge is -2.07. The van der Waals surface area contributed by atoms with Crippen molar-refractivity contribution in [1.29, 1.82) is 5.26 Å². The number of hydrogen-bond acceptors (Lipinski definition) is 5. The van der Waals surface area contributed by atoms with Crippen LogP contribution in [0.2, 0.25) is 0 Å². The van der Waals surface area contributed by atoms with Crippen LogP contribution in [0.4, 0.5) is 0 Å². The van der Waals surface area contributed by atoms with Crippen LogP contribution < -0.4 is 0 Å². The summed E-state index contributed by atoms with van der Waals surface area (Å²) in [5.41, 5.74) is 3.16. The Balaban J connectivity index is 2.15. The summed E-state index contributed by atoms with van der Waals surface area (Å²) in [6.45, 7) is 4.03. The Morgan fingerprint density at radius 1 is 1.29 bits per heavy atom.